The molecule has 0 aliphatic rings. The minimum atomic E-state index is -0.0391. The average Bonchev–Trinajstić information content (AvgIpc) is 2.47. The SMILES string of the molecule is CCC.CCCCNC(=O)c1cccc2cccnc12. The number of hydrogen-bond donors (Lipinski definition) is 1. The Morgan fingerprint density at radius 2 is 1.85 bits per heavy atom. The van der Waals surface area contributed by atoms with Crippen LogP contribution in [0.1, 0.15) is 50.4 Å². The van der Waals surface area contributed by atoms with E-state index in [2.05, 4.69) is 31.1 Å². The molecule has 0 atom stereocenters. The number of nitrogens with one attached hydrogen (secondary N) is 1. The van der Waals surface area contributed by atoms with Crippen molar-refractivity contribution in [1.29, 1.82) is 0 Å². The summed E-state index contributed by atoms with van der Waals surface area (Å²) in [7, 11) is 0. The maximum Gasteiger partial charge on any atom is 0.253 e. The molecule has 0 bridgehead atoms. The van der Waals surface area contributed by atoms with Crippen molar-refractivity contribution in [3.8, 4) is 0 Å². The molecular weight excluding hydrogens is 248 g/mol. The van der Waals surface area contributed by atoms with Crippen molar-refractivity contribution in [3.05, 3.63) is 42.1 Å². The van der Waals surface area contributed by atoms with Crippen LogP contribution in [0.25, 0.3) is 10.9 Å². The number of pyridine rings is 1. The number of carbonyl (C=O) groups is 1. The van der Waals surface area contributed by atoms with Crippen LogP contribution >= 0.6 is 0 Å². The van der Waals surface area contributed by atoms with Gasteiger partial charge in [0.25, 0.3) is 5.91 Å². The van der Waals surface area contributed by atoms with E-state index in [4.69, 9.17) is 0 Å². The second-order valence-electron chi connectivity index (χ2n) is 4.70. The van der Waals surface area contributed by atoms with Crippen molar-refractivity contribution in [2.24, 2.45) is 0 Å². The molecule has 0 saturated carbocycles. The number of para-hydroxylation sites is 1. The van der Waals surface area contributed by atoms with Crippen molar-refractivity contribution in [2.45, 2.75) is 40.0 Å². The van der Waals surface area contributed by atoms with Crippen LogP contribution in [0.5, 0.6) is 0 Å². The van der Waals surface area contributed by atoms with Crippen molar-refractivity contribution in [1.82, 2.24) is 10.3 Å². The number of carbonyl (C=O) groups excluding carboxylic acids is 1. The van der Waals surface area contributed by atoms with Gasteiger partial charge in [0.2, 0.25) is 0 Å². The maximum absolute atomic E-state index is 12.0. The fraction of sp³-hybridized carbons (Fsp3) is 0.412. The van der Waals surface area contributed by atoms with Crippen LogP contribution in [0, 0.1) is 0 Å². The summed E-state index contributed by atoms with van der Waals surface area (Å²) in [4.78, 5) is 16.3. The topological polar surface area (TPSA) is 42.0 Å². The van der Waals surface area contributed by atoms with Crippen LogP contribution in [0.2, 0.25) is 0 Å². The molecule has 2 aromatic rings. The molecule has 108 valence electrons. The number of nitrogens with zero attached hydrogens (tertiary/aromatic N) is 1. The van der Waals surface area contributed by atoms with Crippen LogP contribution in [0.4, 0.5) is 0 Å². The van der Waals surface area contributed by atoms with Crippen LogP contribution in [0.3, 0.4) is 0 Å². The van der Waals surface area contributed by atoms with Crippen molar-refractivity contribution < 1.29 is 4.79 Å². The number of unbranched alkanes of at least 4 members (excludes halogenated alkanes) is 1. The van der Waals surface area contributed by atoms with E-state index in [-0.39, 0.29) is 5.91 Å². The maximum atomic E-state index is 12.0. The molecule has 1 aromatic carbocycles. The number of hydrogen-bond acceptors (Lipinski definition) is 2. The first kappa shape index (κ1) is 16.2. The third-order valence-corrected chi connectivity index (χ3v) is 2.69. The summed E-state index contributed by atoms with van der Waals surface area (Å²) in [6.45, 7) is 7.07. The Morgan fingerprint density at radius 1 is 1.15 bits per heavy atom. The van der Waals surface area contributed by atoms with Gasteiger partial charge in [-0.25, -0.2) is 0 Å². The van der Waals surface area contributed by atoms with Crippen LogP contribution < -0.4 is 5.32 Å². The highest BCUT2D eigenvalue weighted by Crippen LogP contribution is 2.15. The third-order valence-electron chi connectivity index (χ3n) is 2.69. The Bertz CT molecular complexity index is 532. The number of amides is 1. The summed E-state index contributed by atoms with van der Waals surface area (Å²) in [6.07, 6.45) is 5.04. The molecule has 1 heterocycles. The summed E-state index contributed by atoms with van der Waals surface area (Å²) in [6, 6.07) is 9.51. The minimum absolute atomic E-state index is 0.0391. The Morgan fingerprint density at radius 3 is 2.55 bits per heavy atom. The van der Waals surface area contributed by atoms with E-state index in [0.29, 0.717) is 5.56 Å². The lowest BCUT2D eigenvalue weighted by molar-refractivity contribution is 0.0954. The molecule has 1 N–H and O–H groups in total. The highest BCUT2D eigenvalue weighted by Gasteiger charge is 2.09. The van der Waals surface area contributed by atoms with E-state index in [0.717, 1.165) is 30.3 Å². The fourth-order valence-corrected chi connectivity index (χ4v) is 1.76. The summed E-state index contributed by atoms with van der Waals surface area (Å²) in [5, 5.41) is 3.91. The Labute approximate surface area is 121 Å². The Hall–Kier alpha value is -1.90. The minimum Gasteiger partial charge on any atom is -0.352 e. The molecule has 2 rings (SSSR count). The Kier molecular flexibility index (Phi) is 7.33. The van der Waals surface area contributed by atoms with Crippen molar-refractivity contribution >= 4 is 16.8 Å². The van der Waals surface area contributed by atoms with Gasteiger partial charge in [0.1, 0.15) is 0 Å². The average molecular weight is 272 g/mol. The van der Waals surface area contributed by atoms with Crippen LogP contribution in [-0.2, 0) is 0 Å². The van der Waals surface area contributed by atoms with Gasteiger partial charge in [-0.3, -0.25) is 9.78 Å². The van der Waals surface area contributed by atoms with Gasteiger partial charge >= 0.3 is 0 Å². The largest absolute Gasteiger partial charge is 0.352 e. The van der Waals surface area contributed by atoms with E-state index < -0.39 is 0 Å². The molecule has 0 aliphatic carbocycles. The first-order valence-corrected chi connectivity index (χ1v) is 7.36. The van der Waals surface area contributed by atoms with Gasteiger partial charge in [0.15, 0.2) is 0 Å². The number of aromatic nitrogens is 1. The zero-order valence-corrected chi connectivity index (χ0v) is 12.6. The molecule has 20 heavy (non-hydrogen) atoms. The summed E-state index contributed by atoms with van der Waals surface area (Å²) < 4.78 is 0. The zero-order valence-electron chi connectivity index (χ0n) is 12.6. The van der Waals surface area contributed by atoms with Crippen LogP contribution in [-0.4, -0.2) is 17.4 Å². The highest BCUT2D eigenvalue weighted by atomic mass is 16.1. The number of rotatable bonds is 4. The first-order chi connectivity index (χ1) is 9.74. The summed E-state index contributed by atoms with van der Waals surface area (Å²) >= 11 is 0. The molecule has 1 amide bonds. The normalized spacial score (nSPS) is 9.75. The second-order valence-corrected chi connectivity index (χ2v) is 4.70. The lowest BCUT2D eigenvalue weighted by Crippen LogP contribution is -2.24. The van der Waals surface area contributed by atoms with Gasteiger partial charge < -0.3 is 5.32 Å². The second kappa shape index (κ2) is 9.08. The Balaban J connectivity index is 0.000000612. The quantitative estimate of drug-likeness (QED) is 0.848. The molecule has 0 radical (unpaired) electrons. The summed E-state index contributed by atoms with van der Waals surface area (Å²) in [5.41, 5.74) is 1.42. The predicted molar refractivity (Wildman–Crippen MR) is 84.9 cm³/mol. The van der Waals surface area contributed by atoms with Crippen LogP contribution in [0.15, 0.2) is 36.5 Å². The highest BCUT2D eigenvalue weighted by molar-refractivity contribution is 6.05. The van der Waals surface area contributed by atoms with E-state index in [1.54, 1.807) is 6.20 Å². The molecule has 0 fully saturated rings. The molecule has 1 aromatic heterocycles. The van der Waals surface area contributed by atoms with Crippen molar-refractivity contribution in [3.63, 3.8) is 0 Å². The number of fused-ring (bicyclic) bond motifs is 1. The van der Waals surface area contributed by atoms with Gasteiger partial charge in [-0.05, 0) is 18.6 Å². The molecule has 3 nitrogen and oxygen atoms in total. The summed E-state index contributed by atoms with van der Waals surface area (Å²) in [5.74, 6) is -0.0391. The van der Waals surface area contributed by atoms with E-state index >= 15 is 0 Å². The smallest absolute Gasteiger partial charge is 0.253 e. The van der Waals surface area contributed by atoms with E-state index in [9.17, 15) is 4.79 Å². The molecule has 0 unspecified atom stereocenters. The van der Waals surface area contributed by atoms with Crippen molar-refractivity contribution in [2.75, 3.05) is 6.54 Å². The molecule has 0 spiro atoms. The van der Waals surface area contributed by atoms with Gasteiger partial charge in [0, 0.05) is 18.1 Å². The molecular formula is C17H24N2O. The monoisotopic (exact) mass is 272 g/mol. The van der Waals surface area contributed by atoms with Gasteiger partial charge in [-0.2, -0.15) is 0 Å². The zero-order chi connectivity index (χ0) is 14.8. The predicted octanol–water partition coefficient (Wildman–Crippen LogP) is 4.18. The third kappa shape index (κ3) is 4.65. The van der Waals surface area contributed by atoms with Gasteiger partial charge in [0.05, 0.1) is 11.1 Å². The molecule has 0 aliphatic heterocycles. The fourth-order valence-electron chi connectivity index (χ4n) is 1.76. The molecule has 3 heteroatoms. The number of benzene rings is 1. The molecule has 0 saturated heterocycles. The first-order valence-electron chi connectivity index (χ1n) is 7.36. The van der Waals surface area contributed by atoms with Gasteiger partial charge in [-0.15, -0.1) is 0 Å². The van der Waals surface area contributed by atoms with E-state index in [1.807, 2.05) is 30.3 Å². The lowest BCUT2D eigenvalue weighted by Gasteiger charge is -2.06. The standard InChI is InChI=1S/C14H16N2O.C3H8/c1-2-3-9-16-14(17)12-8-4-6-11-7-5-10-15-13(11)12;1-3-2/h4-8,10H,2-3,9H2,1H3,(H,16,17);3H2,1-2H3. The van der Waals surface area contributed by atoms with Gasteiger partial charge in [-0.1, -0.05) is 51.8 Å². The van der Waals surface area contributed by atoms with E-state index in [1.165, 1.54) is 6.42 Å². The lowest BCUT2D eigenvalue weighted by atomic mass is 10.1.